The number of hydrogen-bond acceptors (Lipinski definition) is 5. The van der Waals surface area contributed by atoms with Crippen LogP contribution in [0.2, 0.25) is 0 Å². The van der Waals surface area contributed by atoms with E-state index in [4.69, 9.17) is 10.6 Å². The largest absolute Gasteiger partial charge is 0.444 e. The number of para-hydroxylation sites is 1. The second-order valence-corrected chi connectivity index (χ2v) is 5.79. The predicted molar refractivity (Wildman–Crippen MR) is 85.0 cm³/mol. The van der Waals surface area contributed by atoms with Gasteiger partial charge in [-0.1, -0.05) is 18.2 Å². The highest BCUT2D eigenvalue weighted by Crippen LogP contribution is 2.09. The number of alkyl carbamates (subject to hydrolysis) is 1. The third-order valence-electron chi connectivity index (χ3n) is 2.67. The first-order chi connectivity index (χ1) is 10.3. The van der Waals surface area contributed by atoms with Crippen LogP contribution in [0.5, 0.6) is 0 Å². The smallest absolute Gasteiger partial charge is 0.407 e. The van der Waals surface area contributed by atoms with Crippen LogP contribution in [0.4, 0.5) is 10.5 Å². The lowest BCUT2D eigenvalue weighted by Crippen LogP contribution is -2.45. The van der Waals surface area contributed by atoms with E-state index >= 15 is 0 Å². The first kappa shape index (κ1) is 17.8. The average molecular weight is 308 g/mol. The summed E-state index contributed by atoms with van der Waals surface area (Å²) in [5.74, 6) is 4.84. The van der Waals surface area contributed by atoms with Crippen molar-refractivity contribution in [2.45, 2.75) is 38.8 Å². The lowest BCUT2D eigenvalue weighted by molar-refractivity contribution is -0.122. The van der Waals surface area contributed by atoms with Crippen molar-refractivity contribution < 1.29 is 14.3 Å². The average Bonchev–Trinajstić information content (AvgIpc) is 2.44. The number of ether oxygens (including phenoxy) is 1. The Labute approximate surface area is 130 Å². The Kier molecular flexibility index (Phi) is 6.65. The molecule has 7 heteroatoms. The van der Waals surface area contributed by atoms with Crippen molar-refractivity contribution in [2.75, 3.05) is 11.9 Å². The standard InChI is InChI=1S/C15H24N4O3/c1-15(2,3)22-14(21)17-10-9-12(13(20)19-16)18-11-7-5-4-6-8-11/h4-8,12,18H,9-10,16H2,1-3H3,(H,17,21)(H,19,20)/t12-/m0/s1. The van der Waals surface area contributed by atoms with Gasteiger partial charge in [0.05, 0.1) is 0 Å². The van der Waals surface area contributed by atoms with E-state index in [0.29, 0.717) is 6.42 Å². The molecule has 0 fully saturated rings. The Hall–Kier alpha value is -2.28. The molecule has 0 unspecified atom stereocenters. The molecular weight excluding hydrogens is 284 g/mol. The summed E-state index contributed by atoms with van der Waals surface area (Å²) < 4.78 is 5.13. The molecule has 1 aromatic rings. The van der Waals surface area contributed by atoms with Crippen molar-refractivity contribution in [1.82, 2.24) is 10.7 Å². The fourth-order valence-electron chi connectivity index (χ4n) is 1.74. The van der Waals surface area contributed by atoms with Gasteiger partial charge >= 0.3 is 6.09 Å². The quantitative estimate of drug-likeness (QED) is 0.361. The van der Waals surface area contributed by atoms with E-state index in [1.807, 2.05) is 30.3 Å². The lowest BCUT2D eigenvalue weighted by atomic mass is 10.1. The summed E-state index contributed by atoms with van der Waals surface area (Å²) in [5, 5.41) is 5.68. The van der Waals surface area contributed by atoms with Gasteiger partial charge < -0.3 is 15.4 Å². The molecule has 2 amide bonds. The molecule has 0 aliphatic carbocycles. The maximum atomic E-state index is 11.8. The second-order valence-electron chi connectivity index (χ2n) is 5.79. The summed E-state index contributed by atoms with van der Waals surface area (Å²) in [6, 6.07) is 8.74. The molecule has 7 nitrogen and oxygen atoms in total. The van der Waals surface area contributed by atoms with Crippen LogP contribution >= 0.6 is 0 Å². The topological polar surface area (TPSA) is 105 Å². The third kappa shape index (κ3) is 6.94. The van der Waals surface area contributed by atoms with Crippen molar-refractivity contribution in [1.29, 1.82) is 0 Å². The van der Waals surface area contributed by atoms with Gasteiger partial charge in [0, 0.05) is 12.2 Å². The Morgan fingerprint density at radius 3 is 2.41 bits per heavy atom. The normalized spacial score (nSPS) is 12.2. The zero-order chi connectivity index (χ0) is 16.6. The van der Waals surface area contributed by atoms with Crippen LogP contribution in [-0.2, 0) is 9.53 Å². The van der Waals surface area contributed by atoms with Crippen molar-refractivity contribution >= 4 is 17.7 Å². The zero-order valence-corrected chi connectivity index (χ0v) is 13.2. The maximum absolute atomic E-state index is 11.8. The first-order valence-electron chi connectivity index (χ1n) is 7.11. The van der Waals surface area contributed by atoms with E-state index in [2.05, 4.69) is 16.1 Å². The molecule has 0 spiro atoms. The molecule has 122 valence electrons. The monoisotopic (exact) mass is 308 g/mol. The molecule has 0 aliphatic heterocycles. The van der Waals surface area contributed by atoms with Gasteiger partial charge in [0.2, 0.25) is 0 Å². The molecule has 0 aromatic heterocycles. The molecule has 22 heavy (non-hydrogen) atoms. The second kappa shape index (κ2) is 8.23. The minimum absolute atomic E-state index is 0.285. The highest BCUT2D eigenvalue weighted by molar-refractivity contribution is 5.84. The number of rotatable bonds is 6. The predicted octanol–water partition coefficient (Wildman–Crippen LogP) is 1.37. The van der Waals surface area contributed by atoms with Crippen molar-refractivity contribution in [3.63, 3.8) is 0 Å². The molecule has 0 saturated heterocycles. The summed E-state index contributed by atoms with van der Waals surface area (Å²) in [6.45, 7) is 5.64. The highest BCUT2D eigenvalue weighted by Gasteiger charge is 2.19. The van der Waals surface area contributed by atoms with Crippen molar-refractivity contribution in [2.24, 2.45) is 5.84 Å². The summed E-state index contributed by atoms with van der Waals surface area (Å²) >= 11 is 0. The highest BCUT2D eigenvalue weighted by atomic mass is 16.6. The molecule has 0 saturated carbocycles. The first-order valence-corrected chi connectivity index (χ1v) is 7.11. The molecule has 1 atom stereocenters. The molecule has 5 N–H and O–H groups in total. The number of carbonyl (C=O) groups excluding carboxylic acids is 2. The van der Waals surface area contributed by atoms with Gasteiger partial charge in [-0.05, 0) is 39.3 Å². The van der Waals surface area contributed by atoms with Gasteiger partial charge in [-0.2, -0.15) is 0 Å². The van der Waals surface area contributed by atoms with E-state index in [0.717, 1.165) is 5.69 Å². The van der Waals surface area contributed by atoms with Gasteiger partial charge in [-0.3, -0.25) is 10.2 Å². The molecular formula is C15H24N4O3. The minimum Gasteiger partial charge on any atom is -0.444 e. The fraction of sp³-hybridized carbons (Fsp3) is 0.467. The van der Waals surface area contributed by atoms with Crippen molar-refractivity contribution in [3.05, 3.63) is 30.3 Å². The Bertz CT molecular complexity index is 485. The van der Waals surface area contributed by atoms with Crippen LogP contribution in [0.25, 0.3) is 0 Å². The third-order valence-corrected chi connectivity index (χ3v) is 2.67. The minimum atomic E-state index is -0.555. The van der Waals surface area contributed by atoms with Crippen LogP contribution in [0.3, 0.4) is 0 Å². The molecule has 0 bridgehead atoms. The molecule has 0 radical (unpaired) electrons. The number of nitrogens with one attached hydrogen (secondary N) is 3. The van der Waals surface area contributed by atoms with Crippen molar-refractivity contribution in [3.8, 4) is 0 Å². The number of hydrogen-bond donors (Lipinski definition) is 4. The van der Waals surface area contributed by atoms with E-state index in [1.165, 1.54) is 0 Å². The summed E-state index contributed by atoms with van der Waals surface area (Å²) in [6.07, 6.45) is -0.143. The number of hydrazine groups is 1. The molecule has 1 rings (SSSR count). The number of nitrogens with two attached hydrogens (primary N) is 1. The number of amides is 2. The summed E-state index contributed by atoms with van der Waals surface area (Å²) in [7, 11) is 0. The Morgan fingerprint density at radius 2 is 1.86 bits per heavy atom. The van der Waals surface area contributed by atoms with Gasteiger partial charge in [0.25, 0.3) is 5.91 Å². The van der Waals surface area contributed by atoms with E-state index in [1.54, 1.807) is 20.8 Å². The Morgan fingerprint density at radius 1 is 1.23 bits per heavy atom. The molecule has 0 heterocycles. The zero-order valence-electron chi connectivity index (χ0n) is 13.2. The van der Waals surface area contributed by atoms with Crippen LogP contribution < -0.4 is 21.9 Å². The SMILES string of the molecule is CC(C)(C)OC(=O)NCC[C@H](Nc1ccccc1)C(=O)NN. The maximum Gasteiger partial charge on any atom is 0.407 e. The van der Waals surface area contributed by atoms with Gasteiger partial charge in [0.1, 0.15) is 11.6 Å². The van der Waals surface area contributed by atoms with Gasteiger partial charge in [-0.25, -0.2) is 10.6 Å². The molecule has 1 aromatic carbocycles. The number of anilines is 1. The van der Waals surface area contributed by atoms with Crippen LogP contribution in [0.15, 0.2) is 30.3 Å². The van der Waals surface area contributed by atoms with Crippen LogP contribution in [0, 0.1) is 0 Å². The van der Waals surface area contributed by atoms with E-state index < -0.39 is 17.7 Å². The van der Waals surface area contributed by atoms with E-state index in [-0.39, 0.29) is 12.5 Å². The summed E-state index contributed by atoms with van der Waals surface area (Å²) in [5.41, 5.74) is 2.36. The van der Waals surface area contributed by atoms with Gasteiger partial charge in [0.15, 0.2) is 0 Å². The van der Waals surface area contributed by atoms with Crippen LogP contribution in [0.1, 0.15) is 27.2 Å². The summed E-state index contributed by atoms with van der Waals surface area (Å²) in [4.78, 5) is 23.3. The number of carbonyl (C=O) groups is 2. The number of benzene rings is 1. The lowest BCUT2D eigenvalue weighted by Gasteiger charge is -2.21. The Balaban J connectivity index is 2.49. The van der Waals surface area contributed by atoms with Crippen LogP contribution in [-0.4, -0.2) is 30.2 Å². The fourth-order valence-corrected chi connectivity index (χ4v) is 1.74. The van der Waals surface area contributed by atoms with Gasteiger partial charge in [-0.15, -0.1) is 0 Å². The molecule has 0 aliphatic rings. The van der Waals surface area contributed by atoms with E-state index in [9.17, 15) is 9.59 Å².